The zero-order valence-corrected chi connectivity index (χ0v) is 6.97. The lowest BCUT2D eigenvalue weighted by Crippen LogP contribution is -1.86. The molecule has 1 aromatic carbocycles. The van der Waals surface area contributed by atoms with Crippen LogP contribution in [0, 0.1) is 16.2 Å². The third-order valence-electron chi connectivity index (χ3n) is 1.36. The highest BCUT2D eigenvalue weighted by atomic mass is 16.6. The zero-order valence-electron chi connectivity index (χ0n) is 6.97. The highest BCUT2D eigenvalue weighted by molar-refractivity contribution is 5.39. The molecule has 0 aliphatic heterocycles. The van der Waals surface area contributed by atoms with Gasteiger partial charge in [-0.3, -0.25) is 10.1 Å². The maximum Gasteiger partial charge on any atom is 0.309 e. The molecule has 5 nitrogen and oxygen atoms in total. The van der Waals surface area contributed by atoms with E-state index in [2.05, 4.69) is 16.4 Å². The van der Waals surface area contributed by atoms with Crippen LogP contribution in [0.25, 0.3) is 10.4 Å². The second-order valence-corrected chi connectivity index (χ2v) is 2.22. The first-order valence-corrected chi connectivity index (χ1v) is 3.53. The molecule has 0 amide bonds. The number of nitro benzene ring substituents is 1. The molecule has 0 radical (unpaired) electrons. The summed E-state index contributed by atoms with van der Waals surface area (Å²) in [6.07, 6.45) is 0. The van der Waals surface area contributed by atoms with Crippen LogP contribution >= 0.6 is 0 Å². The Bertz CT molecular complexity index is 361. The molecule has 0 fully saturated rings. The maximum absolute atomic E-state index is 10.3. The molecule has 1 rings (SSSR count). The molecule has 0 aliphatic carbocycles. The molecule has 13 heavy (non-hydrogen) atoms. The van der Waals surface area contributed by atoms with Crippen molar-refractivity contribution < 1.29 is 4.92 Å². The Balaban J connectivity index is 2.87. The number of non-ortho nitro benzene ring substituents is 1. The van der Waals surface area contributed by atoms with E-state index in [0.29, 0.717) is 5.56 Å². The summed E-state index contributed by atoms with van der Waals surface area (Å²) < 4.78 is 0. The lowest BCUT2D eigenvalue weighted by atomic mass is 10.2. The minimum absolute atomic E-state index is 0.0546. The summed E-state index contributed by atoms with van der Waals surface area (Å²) in [6.45, 7) is 0. The maximum atomic E-state index is 10.3. The molecule has 0 spiro atoms. The fourth-order valence-corrected chi connectivity index (χ4v) is 0.765. The van der Waals surface area contributed by atoms with E-state index in [9.17, 15) is 10.1 Å². The first kappa shape index (κ1) is 9.00. The largest absolute Gasteiger partial charge is 0.312 e. The van der Waals surface area contributed by atoms with Crippen molar-refractivity contribution in [2.45, 2.75) is 0 Å². The van der Waals surface area contributed by atoms with Crippen LogP contribution in [0.1, 0.15) is 5.56 Å². The van der Waals surface area contributed by atoms with E-state index in [1.807, 2.05) is 0 Å². The van der Waals surface area contributed by atoms with Crippen molar-refractivity contribution in [1.29, 1.82) is 0 Å². The van der Waals surface area contributed by atoms with Gasteiger partial charge in [0.2, 0.25) is 0 Å². The lowest BCUT2D eigenvalue weighted by Gasteiger charge is -1.88. The van der Waals surface area contributed by atoms with Crippen LogP contribution in [0.2, 0.25) is 0 Å². The molecular formula is C8H7N3O2. The number of nitro groups is 1. The summed E-state index contributed by atoms with van der Waals surface area (Å²) in [5.74, 6) is 0. The van der Waals surface area contributed by atoms with Crippen molar-refractivity contribution in [2.24, 2.45) is 0 Å². The van der Waals surface area contributed by atoms with Crippen LogP contribution < -0.4 is 0 Å². The minimum Gasteiger partial charge on any atom is -0.312 e. The standard InChI is InChI=1S/C8H7N3O2/c1-9-10-6-7-2-4-8(5-3-7)11(12)13/h2-5H,1H3. The van der Waals surface area contributed by atoms with Crippen molar-refractivity contribution in [2.75, 3.05) is 7.05 Å². The highest BCUT2D eigenvalue weighted by Crippen LogP contribution is 2.10. The number of hydrogen-bond acceptors (Lipinski definition) is 2. The van der Waals surface area contributed by atoms with Gasteiger partial charge < -0.3 is 5.43 Å². The SMILES string of the molecule is C[N-][N+]#Cc1ccc([N+](=O)[O-])cc1. The molecule has 0 unspecified atom stereocenters. The van der Waals surface area contributed by atoms with Gasteiger partial charge in [-0.2, -0.15) is 0 Å². The third-order valence-corrected chi connectivity index (χ3v) is 1.36. The summed E-state index contributed by atoms with van der Waals surface area (Å²) in [5, 5.41) is 10.3. The predicted octanol–water partition coefficient (Wildman–Crippen LogP) is 2.19. The summed E-state index contributed by atoms with van der Waals surface area (Å²) in [5.41, 5.74) is 4.19. The molecule has 0 N–H and O–H groups in total. The Morgan fingerprint density at radius 3 is 2.54 bits per heavy atom. The van der Waals surface area contributed by atoms with Crippen molar-refractivity contribution in [3.8, 4) is 6.07 Å². The fourth-order valence-electron chi connectivity index (χ4n) is 0.765. The van der Waals surface area contributed by atoms with Gasteiger partial charge >= 0.3 is 6.07 Å². The highest BCUT2D eigenvalue weighted by Gasteiger charge is 2.03. The first-order valence-electron chi connectivity index (χ1n) is 3.53. The van der Waals surface area contributed by atoms with Gasteiger partial charge in [0, 0.05) is 12.1 Å². The molecular weight excluding hydrogens is 170 g/mol. The third kappa shape index (κ3) is 2.45. The van der Waals surface area contributed by atoms with Gasteiger partial charge in [0.25, 0.3) is 5.69 Å². The van der Waals surface area contributed by atoms with Gasteiger partial charge in [0.1, 0.15) is 5.56 Å². The molecule has 0 aliphatic rings. The van der Waals surface area contributed by atoms with E-state index in [0.717, 1.165) is 0 Å². The molecule has 0 atom stereocenters. The fraction of sp³-hybridized carbons (Fsp3) is 0.125. The van der Waals surface area contributed by atoms with E-state index in [1.54, 1.807) is 12.1 Å². The van der Waals surface area contributed by atoms with Crippen LogP contribution in [0.5, 0.6) is 0 Å². The molecule has 66 valence electrons. The monoisotopic (exact) mass is 177 g/mol. The molecule has 0 saturated heterocycles. The molecule has 1 aromatic rings. The topological polar surface area (TPSA) is 61.6 Å². The molecule has 0 saturated carbocycles. The lowest BCUT2D eigenvalue weighted by molar-refractivity contribution is -0.384. The van der Waals surface area contributed by atoms with E-state index >= 15 is 0 Å². The van der Waals surface area contributed by atoms with E-state index in [1.165, 1.54) is 19.2 Å². The minimum atomic E-state index is -0.453. The van der Waals surface area contributed by atoms with Crippen LogP contribution in [0.4, 0.5) is 5.69 Å². The van der Waals surface area contributed by atoms with Crippen LogP contribution in [0.15, 0.2) is 24.3 Å². The van der Waals surface area contributed by atoms with Crippen molar-refractivity contribution in [1.82, 2.24) is 0 Å². The Morgan fingerprint density at radius 2 is 2.08 bits per heavy atom. The van der Waals surface area contributed by atoms with Crippen molar-refractivity contribution in [3.05, 3.63) is 50.3 Å². The smallest absolute Gasteiger partial charge is 0.309 e. The Labute approximate surface area is 74.9 Å². The first-order chi connectivity index (χ1) is 6.24. The van der Waals surface area contributed by atoms with Gasteiger partial charge in [-0.05, 0) is 12.1 Å². The van der Waals surface area contributed by atoms with Gasteiger partial charge in [0.15, 0.2) is 0 Å². The average Bonchev–Trinajstić information content (AvgIpc) is 2.15. The number of nitrogens with zero attached hydrogens (tertiary/aromatic N) is 3. The number of rotatable bonds is 1. The number of hydrogen-bond donors (Lipinski definition) is 0. The quantitative estimate of drug-likeness (QED) is 0.487. The Hall–Kier alpha value is -2.09. The van der Waals surface area contributed by atoms with E-state index in [-0.39, 0.29) is 5.69 Å². The van der Waals surface area contributed by atoms with Crippen LogP contribution in [-0.4, -0.2) is 12.0 Å². The van der Waals surface area contributed by atoms with E-state index in [4.69, 9.17) is 0 Å². The van der Waals surface area contributed by atoms with Gasteiger partial charge in [-0.15, -0.1) is 0 Å². The molecule has 0 heterocycles. The average molecular weight is 177 g/mol. The van der Waals surface area contributed by atoms with Gasteiger partial charge in [-0.25, -0.2) is 0 Å². The second-order valence-electron chi connectivity index (χ2n) is 2.22. The Kier molecular flexibility index (Phi) is 2.82. The summed E-state index contributed by atoms with van der Waals surface area (Å²) in [6, 6.07) is 8.51. The summed E-state index contributed by atoms with van der Waals surface area (Å²) in [4.78, 5) is 13.3. The second kappa shape index (κ2) is 4.07. The van der Waals surface area contributed by atoms with E-state index < -0.39 is 4.92 Å². The van der Waals surface area contributed by atoms with Gasteiger partial charge in [0.05, 0.1) is 4.92 Å². The van der Waals surface area contributed by atoms with Crippen molar-refractivity contribution >= 4 is 5.69 Å². The molecule has 0 bridgehead atoms. The summed E-state index contributed by atoms with van der Waals surface area (Å²) >= 11 is 0. The van der Waals surface area contributed by atoms with Gasteiger partial charge in [-0.1, -0.05) is 12.0 Å². The number of benzene rings is 1. The summed E-state index contributed by atoms with van der Waals surface area (Å²) in [7, 11) is 1.53. The molecule has 5 heteroatoms. The predicted molar refractivity (Wildman–Crippen MR) is 48.7 cm³/mol. The van der Waals surface area contributed by atoms with Crippen molar-refractivity contribution in [3.63, 3.8) is 0 Å². The zero-order chi connectivity index (χ0) is 9.68. The van der Waals surface area contributed by atoms with Crippen LogP contribution in [-0.2, 0) is 0 Å². The normalized spacial score (nSPS) is 8.38. The Morgan fingerprint density at radius 1 is 1.46 bits per heavy atom. The molecule has 0 aromatic heterocycles. The van der Waals surface area contributed by atoms with Crippen LogP contribution in [0.3, 0.4) is 0 Å².